The molecule has 81 valence electrons. The third-order valence-electron chi connectivity index (χ3n) is 1.83. The minimum absolute atomic E-state index is 0.0626. The van der Waals surface area contributed by atoms with Crippen LogP contribution in [-0.2, 0) is 11.2 Å². The van der Waals surface area contributed by atoms with Crippen LogP contribution in [0.5, 0.6) is 11.5 Å². The van der Waals surface area contributed by atoms with E-state index in [0.717, 1.165) is 5.56 Å². The molecule has 0 aromatic heterocycles. The van der Waals surface area contributed by atoms with E-state index in [-0.39, 0.29) is 13.2 Å². The molecule has 0 atom stereocenters. The smallest absolute Gasteiger partial charge is 0.242 e. The fraction of sp³-hybridized carbons (Fsp3) is 0.300. The van der Waals surface area contributed by atoms with E-state index in [0.29, 0.717) is 11.5 Å². The minimum atomic E-state index is -0.635. The molecular formula is C10H13N2O3. The van der Waals surface area contributed by atoms with E-state index in [1.165, 1.54) is 7.11 Å². The van der Waals surface area contributed by atoms with Crippen LogP contribution in [0.25, 0.3) is 0 Å². The summed E-state index contributed by atoms with van der Waals surface area (Å²) >= 11 is 0. The molecule has 0 aliphatic heterocycles. The second-order valence-corrected chi connectivity index (χ2v) is 2.90. The van der Waals surface area contributed by atoms with Crippen molar-refractivity contribution >= 4 is 5.91 Å². The zero-order valence-corrected chi connectivity index (χ0v) is 8.45. The highest BCUT2D eigenvalue weighted by molar-refractivity contribution is 5.76. The first kappa shape index (κ1) is 11.3. The molecule has 0 aliphatic rings. The van der Waals surface area contributed by atoms with Crippen LogP contribution < -0.4 is 20.9 Å². The molecule has 1 aromatic carbocycles. The van der Waals surface area contributed by atoms with E-state index in [1.54, 1.807) is 18.2 Å². The number of hydrogen-bond donors (Lipinski definition) is 1. The Bertz CT molecular complexity index is 353. The maximum atomic E-state index is 10.6. The number of amides is 1. The Morgan fingerprint density at radius 2 is 2.20 bits per heavy atom. The predicted octanol–water partition coefficient (Wildman–Crippen LogP) is 0.342. The SMILES string of the molecule is COc1cc(CC([NH])=O)ccc1OCN. The van der Waals surface area contributed by atoms with Crippen LogP contribution in [-0.4, -0.2) is 19.7 Å². The van der Waals surface area contributed by atoms with E-state index in [9.17, 15) is 4.79 Å². The minimum Gasteiger partial charge on any atom is -0.493 e. The molecule has 0 aliphatic carbocycles. The summed E-state index contributed by atoms with van der Waals surface area (Å²) in [5, 5.41) is 0. The van der Waals surface area contributed by atoms with Crippen molar-refractivity contribution in [3.8, 4) is 11.5 Å². The van der Waals surface area contributed by atoms with E-state index in [2.05, 4.69) is 0 Å². The van der Waals surface area contributed by atoms with Gasteiger partial charge in [-0.3, -0.25) is 16.3 Å². The second-order valence-electron chi connectivity index (χ2n) is 2.90. The molecule has 1 rings (SSSR count). The molecule has 0 saturated heterocycles. The Morgan fingerprint density at radius 1 is 1.47 bits per heavy atom. The maximum Gasteiger partial charge on any atom is 0.242 e. The summed E-state index contributed by atoms with van der Waals surface area (Å²) in [4.78, 5) is 10.6. The Balaban J connectivity index is 2.91. The number of nitrogens with two attached hydrogens (primary N) is 1. The van der Waals surface area contributed by atoms with Gasteiger partial charge >= 0.3 is 0 Å². The summed E-state index contributed by atoms with van der Waals surface area (Å²) in [5.41, 5.74) is 12.8. The van der Waals surface area contributed by atoms with Gasteiger partial charge in [0.2, 0.25) is 5.91 Å². The van der Waals surface area contributed by atoms with Crippen molar-refractivity contribution in [2.75, 3.05) is 13.8 Å². The molecule has 1 radical (unpaired) electrons. The molecule has 1 amide bonds. The highest BCUT2D eigenvalue weighted by Crippen LogP contribution is 2.27. The first-order chi connectivity index (χ1) is 7.17. The number of methoxy groups -OCH3 is 1. The number of benzene rings is 1. The first-order valence-electron chi connectivity index (χ1n) is 4.41. The fourth-order valence-electron chi connectivity index (χ4n) is 1.22. The summed E-state index contributed by atoms with van der Waals surface area (Å²) in [7, 11) is 1.50. The van der Waals surface area contributed by atoms with Gasteiger partial charge in [0.1, 0.15) is 6.73 Å². The zero-order valence-electron chi connectivity index (χ0n) is 8.45. The number of carbonyl (C=O) groups is 1. The summed E-state index contributed by atoms with van der Waals surface area (Å²) in [6.45, 7) is 0.0626. The Labute approximate surface area is 88.0 Å². The van der Waals surface area contributed by atoms with Gasteiger partial charge in [-0.15, -0.1) is 0 Å². The number of rotatable bonds is 5. The molecule has 0 saturated carbocycles. The number of carbonyl (C=O) groups excluding carboxylic acids is 1. The number of nitrogens with one attached hydrogen (secondary N) is 1. The van der Waals surface area contributed by atoms with Gasteiger partial charge in [-0.05, 0) is 17.7 Å². The summed E-state index contributed by atoms with van der Waals surface area (Å²) < 4.78 is 10.2. The highest BCUT2D eigenvalue weighted by atomic mass is 16.5. The van der Waals surface area contributed by atoms with Crippen LogP contribution in [0, 0.1) is 0 Å². The maximum absolute atomic E-state index is 10.6. The van der Waals surface area contributed by atoms with Gasteiger partial charge in [0.05, 0.1) is 13.5 Å². The van der Waals surface area contributed by atoms with E-state index in [1.807, 2.05) is 0 Å². The average Bonchev–Trinajstić information content (AvgIpc) is 2.20. The van der Waals surface area contributed by atoms with Crippen LogP contribution >= 0.6 is 0 Å². The van der Waals surface area contributed by atoms with Crippen LogP contribution in [0.15, 0.2) is 18.2 Å². The molecule has 0 fully saturated rings. The lowest BCUT2D eigenvalue weighted by atomic mass is 10.1. The van der Waals surface area contributed by atoms with E-state index >= 15 is 0 Å². The van der Waals surface area contributed by atoms with Crippen molar-refractivity contribution in [3.05, 3.63) is 23.8 Å². The lowest BCUT2D eigenvalue weighted by Crippen LogP contribution is -2.08. The Hall–Kier alpha value is -1.75. The Kier molecular flexibility index (Phi) is 3.93. The molecule has 0 bridgehead atoms. The van der Waals surface area contributed by atoms with Crippen LogP contribution in [0.4, 0.5) is 0 Å². The summed E-state index contributed by atoms with van der Waals surface area (Å²) in [6.07, 6.45) is 0.0687. The van der Waals surface area contributed by atoms with Crippen molar-refractivity contribution in [1.29, 1.82) is 0 Å². The largest absolute Gasteiger partial charge is 0.493 e. The number of ether oxygens (including phenoxy) is 2. The normalized spacial score (nSPS) is 9.73. The van der Waals surface area contributed by atoms with E-state index < -0.39 is 5.91 Å². The molecule has 5 heteroatoms. The van der Waals surface area contributed by atoms with Crippen LogP contribution in [0.2, 0.25) is 0 Å². The third-order valence-corrected chi connectivity index (χ3v) is 1.83. The second kappa shape index (κ2) is 5.21. The third kappa shape index (κ3) is 3.14. The lowest BCUT2D eigenvalue weighted by Gasteiger charge is -2.09. The fourth-order valence-corrected chi connectivity index (χ4v) is 1.22. The van der Waals surface area contributed by atoms with Gasteiger partial charge in [-0.1, -0.05) is 6.07 Å². The zero-order chi connectivity index (χ0) is 11.3. The average molecular weight is 209 g/mol. The molecule has 5 nitrogen and oxygen atoms in total. The van der Waals surface area contributed by atoms with Gasteiger partial charge in [-0.2, -0.15) is 0 Å². The summed E-state index contributed by atoms with van der Waals surface area (Å²) in [6, 6.07) is 5.04. The monoisotopic (exact) mass is 209 g/mol. The van der Waals surface area contributed by atoms with E-state index in [4.69, 9.17) is 20.9 Å². The van der Waals surface area contributed by atoms with Crippen molar-refractivity contribution in [3.63, 3.8) is 0 Å². The first-order valence-corrected chi connectivity index (χ1v) is 4.41. The van der Waals surface area contributed by atoms with Gasteiger partial charge in [0.25, 0.3) is 0 Å². The molecule has 0 spiro atoms. The molecule has 3 N–H and O–H groups in total. The van der Waals surface area contributed by atoms with Crippen molar-refractivity contribution in [1.82, 2.24) is 5.73 Å². The van der Waals surface area contributed by atoms with Gasteiger partial charge in [-0.25, -0.2) is 0 Å². The lowest BCUT2D eigenvalue weighted by molar-refractivity contribution is -0.118. The molecule has 1 aromatic rings. The topological polar surface area (TPSA) is 85.3 Å². The molecule has 0 unspecified atom stereocenters. The van der Waals surface area contributed by atoms with Crippen LogP contribution in [0.1, 0.15) is 5.56 Å². The van der Waals surface area contributed by atoms with Gasteiger partial charge < -0.3 is 9.47 Å². The highest BCUT2D eigenvalue weighted by Gasteiger charge is 2.06. The summed E-state index contributed by atoms with van der Waals surface area (Å²) in [5.74, 6) is 0.407. The van der Waals surface area contributed by atoms with Crippen molar-refractivity contribution < 1.29 is 14.3 Å². The Morgan fingerprint density at radius 3 is 2.73 bits per heavy atom. The van der Waals surface area contributed by atoms with Gasteiger partial charge in [0.15, 0.2) is 11.5 Å². The standard InChI is InChI=1S/C10H13N2O3/c1-14-9-4-7(5-10(12)13)2-3-8(9)15-6-11/h2-4,12H,5-6,11H2,1H3. The number of hydrogen-bond acceptors (Lipinski definition) is 4. The molecule has 15 heavy (non-hydrogen) atoms. The quantitative estimate of drug-likeness (QED) is 0.708. The van der Waals surface area contributed by atoms with Crippen molar-refractivity contribution in [2.45, 2.75) is 6.42 Å². The van der Waals surface area contributed by atoms with Gasteiger partial charge in [0, 0.05) is 0 Å². The molecular weight excluding hydrogens is 196 g/mol. The predicted molar refractivity (Wildman–Crippen MR) is 54.5 cm³/mol. The van der Waals surface area contributed by atoms with Crippen LogP contribution in [0.3, 0.4) is 0 Å². The van der Waals surface area contributed by atoms with Crippen molar-refractivity contribution in [2.24, 2.45) is 5.73 Å². The molecule has 0 heterocycles.